The lowest BCUT2D eigenvalue weighted by atomic mass is 9.91. The first-order valence-corrected chi connectivity index (χ1v) is 6.45. The molecule has 0 heterocycles. The number of nitrogens with two attached hydrogens (primary N) is 1. The molecule has 0 radical (unpaired) electrons. The van der Waals surface area contributed by atoms with Gasteiger partial charge >= 0.3 is 0 Å². The van der Waals surface area contributed by atoms with Crippen LogP contribution in [0.3, 0.4) is 0 Å². The van der Waals surface area contributed by atoms with E-state index in [0.717, 1.165) is 32.1 Å². The van der Waals surface area contributed by atoms with Crippen molar-refractivity contribution in [3.05, 3.63) is 12.7 Å². The first-order chi connectivity index (χ1) is 7.61. The molecule has 0 aromatic rings. The number of hydrogen-bond acceptors (Lipinski definition) is 2. The number of allylic oxidation sites excluding steroid dienone is 1. The van der Waals surface area contributed by atoms with Gasteiger partial charge in [-0.15, -0.1) is 6.58 Å². The van der Waals surface area contributed by atoms with Crippen molar-refractivity contribution in [2.45, 2.75) is 52.4 Å². The number of rotatable bonds is 10. The van der Waals surface area contributed by atoms with E-state index in [1.54, 1.807) is 0 Å². The lowest BCUT2D eigenvalue weighted by molar-refractivity contribution is -0.123. The van der Waals surface area contributed by atoms with Gasteiger partial charge < -0.3 is 5.73 Å². The maximum absolute atomic E-state index is 11.8. The van der Waals surface area contributed by atoms with E-state index in [1.807, 2.05) is 6.08 Å². The van der Waals surface area contributed by atoms with Crippen LogP contribution in [0.2, 0.25) is 0 Å². The SMILES string of the molecule is C=CCCCCCC(=O)C(CN)CC(C)C. The maximum Gasteiger partial charge on any atom is 0.137 e. The number of carbonyl (C=O) groups is 1. The van der Waals surface area contributed by atoms with Crippen molar-refractivity contribution < 1.29 is 4.79 Å². The van der Waals surface area contributed by atoms with Gasteiger partial charge in [0.25, 0.3) is 0 Å². The highest BCUT2D eigenvalue weighted by molar-refractivity contribution is 5.81. The Morgan fingerprint density at radius 3 is 2.50 bits per heavy atom. The topological polar surface area (TPSA) is 43.1 Å². The number of hydrogen-bond donors (Lipinski definition) is 1. The van der Waals surface area contributed by atoms with Crippen LogP contribution in [0.25, 0.3) is 0 Å². The zero-order valence-electron chi connectivity index (χ0n) is 10.9. The lowest BCUT2D eigenvalue weighted by Crippen LogP contribution is -2.25. The minimum Gasteiger partial charge on any atom is -0.330 e. The number of carbonyl (C=O) groups excluding carboxylic acids is 1. The molecule has 94 valence electrons. The molecule has 0 saturated heterocycles. The molecule has 0 bridgehead atoms. The van der Waals surface area contributed by atoms with E-state index >= 15 is 0 Å². The summed E-state index contributed by atoms with van der Waals surface area (Å²) in [7, 11) is 0. The molecule has 0 amide bonds. The van der Waals surface area contributed by atoms with Crippen LogP contribution in [0.5, 0.6) is 0 Å². The quantitative estimate of drug-likeness (QED) is 0.458. The summed E-state index contributed by atoms with van der Waals surface area (Å²) >= 11 is 0. The highest BCUT2D eigenvalue weighted by atomic mass is 16.1. The van der Waals surface area contributed by atoms with Crippen molar-refractivity contribution in [2.24, 2.45) is 17.6 Å². The van der Waals surface area contributed by atoms with Gasteiger partial charge in [0.2, 0.25) is 0 Å². The molecule has 0 rings (SSSR count). The lowest BCUT2D eigenvalue weighted by Gasteiger charge is -2.15. The molecule has 0 aliphatic heterocycles. The molecule has 0 aliphatic rings. The van der Waals surface area contributed by atoms with E-state index in [2.05, 4.69) is 20.4 Å². The van der Waals surface area contributed by atoms with Gasteiger partial charge in [-0.3, -0.25) is 4.79 Å². The van der Waals surface area contributed by atoms with Crippen molar-refractivity contribution in [2.75, 3.05) is 6.54 Å². The Hall–Kier alpha value is -0.630. The molecule has 2 N–H and O–H groups in total. The highest BCUT2D eigenvalue weighted by Gasteiger charge is 2.17. The molecule has 0 aromatic carbocycles. The van der Waals surface area contributed by atoms with Crippen LogP contribution in [-0.2, 0) is 4.79 Å². The second-order valence-electron chi connectivity index (χ2n) is 4.92. The molecular formula is C14H27NO. The van der Waals surface area contributed by atoms with Crippen LogP contribution in [0.15, 0.2) is 12.7 Å². The summed E-state index contributed by atoms with van der Waals surface area (Å²) < 4.78 is 0. The first kappa shape index (κ1) is 15.4. The van der Waals surface area contributed by atoms with Crippen molar-refractivity contribution in [3.8, 4) is 0 Å². The Labute approximate surface area is 100 Å². The summed E-state index contributed by atoms with van der Waals surface area (Å²) in [5.74, 6) is 0.993. The summed E-state index contributed by atoms with van der Waals surface area (Å²) in [5, 5.41) is 0. The van der Waals surface area contributed by atoms with Gasteiger partial charge in [-0.05, 0) is 31.6 Å². The van der Waals surface area contributed by atoms with E-state index in [4.69, 9.17) is 5.73 Å². The van der Waals surface area contributed by atoms with E-state index in [-0.39, 0.29) is 5.92 Å². The van der Waals surface area contributed by atoms with Crippen LogP contribution in [-0.4, -0.2) is 12.3 Å². The summed E-state index contributed by atoms with van der Waals surface area (Å²) in [4.78, 5) is 11.8. The van der Waals surface area contributed by atoms with Crippen molar-refractivity contribution >= 4 is 5.78 Å². The Morgan fingerprint density at radius 2 is 2.00 bits per heavy atom. The number of ketones is 1. The van der Waals surface area contributed by atoms with Gasteiger partial charge in [0.05, 0.1) is 0 Å². The minimum absolute atomic E-state index is 0.0828. The molecule has 0 aliphatic carbocycles. The Morgan fingerprint density at radius 1 is 1.31 bits per heavy atom. The van der Waals surface area contributed by atoms with Crippen LogP contribution >= 0.6 is 0 Å². The molecule has 16 heavy (non-hydrogen) atoms. The third-order valence-electron chi connectivity index (χ3n) is 2.83. The molecule has 1 unspecified atom stereocenters. The molecule has 0 saturated carbocycles. The second kappa shape index (κ2) is 9.59. The third kappa shape index (κ3) is 7.63. The monoisotopic (exact) mass is 225 g/mol. The third-order valence-corrected chi connectivity index (χ3v) is 2.83. The zero-order chi connectivity index (χ0) is 12.4. The summed E-state index contributed by atoms with van der Waals surface area (Å²) in [5.41, 5.74) is 5.64. The molecule has 2 heteroatoms. The van der Waals surface area contributed by atoms with E-state index in [1.165, 1.54) is 0 Å². The number of unbranched alkanes of at least 4 members (excludes halogenated alkanes) is 3. The predicted octanol–water partition coefficient (Wildman–Crippen LogP) is 3.31. The summed E-state index contributed by atoms with van der Waals surface area (Å²) in [6.07, 6.45) is 7.89. The maximum atomic E-state index is 11.8. The van der Waals surface area contributed by atoms with Crippen LogP contribution in [0.4, 0.5) is 0 Å². The van der Waals surface area contributed by atoms with Crippen molar-refractivity contribution in [3.63, 3.8) is 0 Å². The Bertz CT molecular complexity index is 199. The van der Waals surface area contributed by atoms with Crippen LogP contribution in [0, 0.1) is 11.8 Å². The van der Waals surface area contributed by atoms with Gasteiger partial charge in [0, 0.05) is 18.9 Å². The first-order valence-electron chi connectivity index (χ1n) is 6.45. The highest BCUT2D eigenvalue weighted by Crippen LogP contribution is 2.15. The molecule has 0 fully saturated rings. The van der Waals surface area contributed by atoms with Crippen LogP contribution in [0.1, 0.15) is 52.4 Å². The van der Waals surface area contributed by atoms with Crippen molar-refractivity contribution in [1.29, 1.82) is 0 Å². The smallest absolute Gasteiger partial charge is 0.137 e. The molecule has 2 nitrogen and oxygen atoms in total. The van der Waals surface area contributed by atoms with E-state index in [9.17, 15) is 4.79 Å². The molecule has 0 spiro atoms. The van der Waals surface area contributed by atoms with Gasteiger partial charge in [-0.25, -0.2) is 0 Å². The van der Waals surface area contributed by atoms with Crippen LogP contribution < -0.4 is 5.73 Å². The Balaban J connectivity index is 3.71. The summed E-state index contributed by atoms with van der Waals surface area (Å²) in [6, 6.07) is 0. The average Bonchev–Trinajstić information content (AvgIpc) is 2.25. The largest absolute Gasteiger partial charge is 0.330 e. The van der Waals surface area contributed by atoms with Crippen molar-refractivity contribution in [1.82, 2.24) is 0 Å². The number of Topliss-reactive ketones (excluding diaryl/α,β-unsaturated/α-hetero) is 1. The van der Waals surface area contributed by atoms with Gasteiger partial charge in [0.15, 0.2) is 0 Å². The molecule has 0 aromatic heterocycles. The van der Waals surface area contributed by atoms with E-state index < -0.39 is 0 Å². The van der Waals surface area contributed by atoms with Gasteiger partial charge in [0.1, 0.15) is 5.78 Å². The normalized spacial score (nSPS) is 12.8. The zero-order valence-corrected chi connectivity index (χ0v) is 10.9. The second-order valence-corrected chi connectivity index (χ2v) is 4.92. The van der Waals surface area contributed by atoms with Gasteiger partial charge in [-0.1, -0.05) is 26.3 Å². The molecular weight excluding hydrogens is 198 g/mol. The Kier molecular flexibility index (Phi) is 9.21. The fourth-order valence-electron chi connectivity index (χ4n) is 1.90. The minimum atomic E-state index is 0.0828. The average molecular weight is 225 g/mol. The van der Waals surface area contributed by atoms with E-state index in [0.29, 0.717) is 24.7 Å². The van der Waals surface area contributed by atoms with Gasteiger partial charge in [-0.2, -0.15) is 0 Å². The fraction of sp³-hybridized carbons (Fsp3) is 0.786. The predicted molar refractivity (Wildman–Crippen MR) is 70.3 cm³/mol. The summed E-state index contributed by atoms with van der Waals surface area (Å²) in [6.45, 7) is 8.47. The molecule has 1 atom stereocenters. The standard InChI is InChI=1S/C14H27NO/c1-4-5-6-7-8-9-14(16)13(11-15)10-12(2)3/h4,12-13H,1,5-11,15H2,2-3H3. The fourth-order valence-corrected chi connectivity index (χ4v) is 1.90.